The van der Waals surface area contributed by atoms with Crippen molar-refractivity contribution in [2.75, 3.05) is 18.9 Å². The van der Waals surface area contributed by atoms with Crippen LogP contribution in [0.1, 0.15) is 17.0 Å². The molecule has 0 saturated heterocycles. The molecular weight excluding hydrogens is 392 g/mol. The molecule has 1 atom stereocenters. The molecule has 0 bridgehead atoms. The van der Waals surface area contributed by atoms with E-state index in [1.54, 1.807) is 36.4 Å². The van der Waals surface area contributed by atoms with Gasteiger partial charge in [-0.15, -0.1) is 0 Å². The number of alkyl halides is 1. The monoisotopic (exact) mass is 412 g/mol. The Balaban J connectivity index is 2.20. The molecule has 0 radical (unpaired) electrons. The molecular formula is C17H21BrN2O3S. The van der Waals surface area contributed by atoms with Gasteiger partial charge in [0.2, 0.25) is 10.0 Å². The van der Waals surface area contributed by atoms with Gasteiger partial charge in [-0.25, -0.2) is 12.7 Å². The summed E-state index contributed by atoms with van der Waals surface area (Å²) in [5.74, 6) is -0.107. The van der Waals surface area contributed by atoms with E-state index in [1.165, 1.54) is 11.4 Å². The number of nitrogens with zero attached hydrogens (tertiary/aromatic N) is 2. The maximum Gasteiger partial charge on any atom is 0.218 e. The van der Waals surface area contributed by atoms with Crippen LogP contribution in [0.15, 0.2) is 48.5 Å². The molecule has 1 unspecified atom stereocenters. The third-order valence-electron chi connectivity index (χ3n) is 3.74. The predicted molar refractivity (Wildman–Crippen MR) is 98.4 cm³/mol. The highest BCUT2D eigenvalue weighted by molar-refractivity contribution is 9.09. The summed E-state index contributed by atoms with van der Waals surface area (Å²) in [6.07, 6.45) is 0. The van der Waals surface area contributed by atoms with Crippen LogP contribution in [-0.2, 0) is 21.4 Å². The summed E-state index contributed by atoms with van der Waals surface area (Å²) >= 11 is 3.28. The number of hydrogen-bond acceptors (Lipinski definition) is 4. The van der Waals surface area contributed by atoms with Gasteiger partial charge in [-0.3, -0.25) is 4.98 Å². The standard InChI is InChI=1S/C17H21BrN2O3S/c1-14-7-6-10-16(19-14)17(21,12-18)13-20(2)24(22,23)11-15-8-4-3-5-9-15/h3-10,21H,11-13H2,1-2H3. The molecule has 0 amide bonds. The van der Waals surface area contributed by atoms with Gasteiger partial charge in [-0.1, -0.05) is 52.3 Å². The Bertz CT molecular complexity index is 783. The van der Waals surface area contributed by atoms with Gasteiger partial charge in [0.25, 0.3) is 0 Å². The van der Waals surface area contributed by atoms with Crippen LogP contribution in [-0.4, -0.2) is 41.7 Å². The molecule has 1 aromatic heterocycles. The van der Waals surface area contributed by atoms with Crippen LogP contribution in [0.3, 0.4) is 0 Å². The summed E-state index contributed by atoms with van der Waals surface area (Å²) < 4.78 is 26.3. The van der Waals surface area contributed by atoms with Crippen LogP contribution in [0.25, 0.3) is 0 Å². The second-order valence-corrected chi connectivity index (χ2v) is 8.46. The first-order chi connectivity index (χ1) is 11.3. The number of likely N-dealkylation sites (N-methyl/N-ethyl adjacent to an activating group) is 1. The minimum Gasteiger partial charge on any atom is -0.381 e. The second-order valence-electron chi connectivity index (χ2n) is 5.83. The molecule has 0 fully saturated rings. The highest BCUT2D eigenvalue weighted by atomic mass is 79.9. The van der Waals surface area contributed by atoms with Gasteiger partial charge in [0.15, 0.2) is 0 Å². The highest BCUT2D eigenvalue weighted by Gasteiger charge is 2.34. The van der Waals surface area contributed by atoms with Crippen molar-refractivity contribution in [1.29, 1.82) is 0 Å². The topological polar surface area (TPSA) is 70.5 Å². The molecule has 0 spiro atoms. The largest absolute Gasteiger partial charge is 0.381 e. The zero-order valence-corrected chi connectivity index (χ0v) is 16.1. The minimum absolute atomic E-state index is 0.0795. The average Bonchev–Trinajstić information content (AvgIpc) is 2.55. The van der Waals surface area contributed by atoms with Crippen LogP contribution in [0.4, 0.5) is 0 Å². The van der Waals surface area contributed by atoms with Crippen LogP contribution in [0.2, 0.25) is 0 Å². The van der Waals surface area contributed by atoms with Crippen molar-refractivity contribution in [3.63, 3.8) is 0 Å². The second kappa shape index (κ2) is 7.74. The highest BCUT2D eigenvalue weighted by Crippen LogP contribution is 2.25. The van der Waals surface area contributed by atoms with E-state index in [1.807, 2.05) is 19.1 Å². The van der Waals surface area contributed by atoms with Crippen LogP contribution >= 0.6 is 15.9 Å². The van der Waals surface area contributed by atoms with E-state index in [0.717, 1.165) is 5.69 Å². The summed E-state index contributed by atoms with van der Waals surface area (Å²) in [7, 11) is -2.08. The van der Waals surface area contributed by atoms with Crippen molar-refractivity contribution in [2.24, 2.45) is 0 Å². The van der Waals surface area contributed by atoms with Gasteiger partial charge in [-0.05, 0) is 24.6 Å². The smallest absolute Gasteiger partial charge is 0.218 e. The van der Waals surface area contributed by atoms with E-state index in [9.17, 15) is 13.5 Å². The number of aryl methyl sites for hydroxylation is 1. The van der Waals surface area contributed by atoms with Gasteiger partial charge < -0.3 is 5.11 Å². The summed E-state index contributed by atoms with van der Waals surface area (Å²) in [5, 5.41) is 11.1. The van der Waals surface area contributed by atoms with Gasteiger partial charge in [0.05, 0.1) is 11.4 Å². The van der Waals surface area contributed by atoms with Crippen molar-refractivity contribution in [3.05, 3.63) is 65.5 Å². The summed E-state index contributed by atoms with van der Waals surface area (Å²) in [6.45, 7) is 1.75. The number of hydrogen-bond donors (Lipinski definition) is 1. The van der Waals surface area contributed by atoms with E-state index < -0.39 is 15.6 Å². The number of aromatic nitrogens is 1. The first-order valence-corrected chi connectivity index (χ1v) is 10.2. The van der Waals surface area contributed by atoms with Crippen molar-refractivity contribution < 1.29 is 13.5 Å². The quantitative estimate of drug-likeness (QED) is 0.708. The lowest BCUT2D eigenvalue weighted by Gasteiger charge is -2.30. The van der Waals surface area contributed by atoms with Gasteiger partial charge in [0, 0.05) is 24.6 Å². The molecule has 0 aliphatic rings. The van der Waals surface area contributed by atoms with Crippen molar-refractivity contribution in [2.45, 2.75) is 18.3 Å². The molecule has 7 heteroatoms. The van der Waals surface area contributed by atoms with Gasteiger partial charge in [-0.2, -0.15) is 0 Å². The number of rotatable bonds is 7. The number of halogens is 1. The number of aliphatic hydroxyl groups is 1. The zero-order valence-electron chi connectivity index (χ0n) is 13.7. The SMILES string of the molecule is Cc1cccc(C(O)(CBr)CN(C)S(=O)(=O)Cc2ccccc2)n1. The Labute approximate surface area is 151 Å². The van der Waals surface area contributed by atoms with E-state index in [4.69, 9.17) is 0 Å². The fraction of sp³-hybridized carbons (Fsp3) is 0.353. The van der Waals surface area contributed by atoms with E-state index in [2.05, 4.69) is 20.9 Å². The van der Waals surface area contributed by atoms with Gasteiger partial charge >= 0.3 is 0 Å². The summed E-state index contributed by atoms with van der Waals surface area (Å²) in [5.41, 5.74) is 0.521. The first-order valence-electron chi connectivity index (χ1n) is 7.47. The van der Waals surface area contributed by atoms with Crippen molar-refractivity contribution >= 4 is 26.0 Å². The predicted octanol–water partition coefficient (Wildman–Crippen LogP) is 2.43. The van der Waals surface area contributed by atoms with E-state index in [-0.39, 0.29) is 17.6 Å². The van der Waals surface area contributed by atoms with E-state index >= 15 is 0 Å². The summed E-state index contributed by atoms with van der Waals surface area (Å²) in [4.78, 5) is 4.33. The lowest BCUT2D eigenvalue weighted by Crippen LogP contribution is -2.44. The molecule has 130 valence electrons. The molecule has 5 nitrogen and oxygen atoms in total. The maximum atomic E-state index is 12.6. The Morgan fingerprint density at radius 2 is 1.83 bits per heavy atom. The van der Waals surface area contributed by atoms with Crippen LogP contribution in [0.5, 0.6) is 0 Å². The van der Waals surface area contributed by atoms with Crippen molar-refractivity contribution in [3.8, 4) is 0 Å². The number of pyridine rings is 1. The number of benzene rings is 1. The normalized spacial score (nSPS) is 14.5. The fourth-order valence-electron chi connectivity index (χ4n) is 2.36. The zero-order chi connectivity index (χ0) is 17.8. The Morgan fingerprint density at radius 1 is 1.17 bits per heavy atom. The van der Waals surface area contributed by atoms with Gasteiger partial charge in [0.1, 0.15) is 5.60 Å². The Kier molecular flexibility index (Phi) is 6.14. The number of sulfonamides is 1. The molecule has 24 heavy (non-hydrogen) atoms. The van der Waals surface area contributed by atoms with E-state index in [0.29, 0.717) is 11.3 Å². The molecule has 2 aromatic rings. The van der Waals surface area contributed by atoms with Crippen LogP contribution in [0, 0.1) is 6.92 Å². The molecule has 0 aliphatic heterocycles. The summed E-state index contributed by atoms with van der Waals surface area (Å²) in [6, 6.07) is 14.3. The third-order valence-corrected chi connectivity index (χ3v) is 6.44. The Hall–Kier alpha value is -1.28. The van der Waals surface area contributed by atoms with Crippen molar-refractivity contribution in [1.82, 2.24) is 9.29 Å². The third kappa shape index (κ3) is 4.63. The molecule has 0 aliphatic carbocycles. The molecule has 1 N–H and O–H groups in total. The average molecular weight is 413 g/mol. The lowest BCUT2D eigenvalue weighted by atomic mass is 10.0. The lowest BCUT2D eigenvalue weighted by molar-refractivity contribution is 0.0434. The van der Waals surface area contributed by atoms with Crippen LogP contribution < -0.4 is 0 Å². The first kappa shape index (κ1) is 19.1. The fourth-order valence-corrected chi connectivity index (χ4v) is 4.06. The Morgan fingerprint density at radius 3 is 2.42 bits per heavy atom. The molecule has 1 heterocycles. The minimum atomic E-state index is -3.55. The molecule has 1 aromatic carbocycles. The molecule has 2 rings (SSSR count). The maximum absolute atomic E-state index is 12.6. The molecule has 0 saturated carbocycles.